The van der Waals surface area contributed by atoms with Gasteiger partial charge in [-0.05, 0) is 38.5 Å². The van der Waals surface area contributed by atoms with Crippen LogP contribution < -0.4 is 5.73 Å². The molecule has 9 heteroatoms. The van der Waals surface area contributed by atoms with E-state index in [2.05, 4.69) is 26.0 Å². The summed E-state index contributed by atoms with van der Waals surface area (Å²) in [5.41, 5.74) is 5.37. The monoisotopic (exact) mass is 802 g/mol. The van der Waals surface area contributed by atoms with Crippen molar-refractivity contribution in [1.82, 2.24) is 0 Å². The van der Waals surface area contributed by atoms with Crippen molar-refractivity contribution in [2.75, 3.05) is 33.0 Å². The standard InChI is InChI=1S/C46H92NO7P/c1-3-5-7-9-11-13-15-17-18-19-20-21-22-23-24-25-26-28-30-32-34-36-38-41-51-43-45(44-53-55(49,50)52-42-40-47)54-46(48)39-37-35-33-31-29-27-16-14-12-10-8-6-4-2/h14,16,45H,3-13,15,17-44,47H2,1-2H3,(H,49,50)/b16-14-. The van der Waals surface area contributed by atoms with Crippen molar-refractivity contribution >= 4 is 13.8 Å². The largest absolute Gasteiger partial charge is 0.472 e. The third kappa shape index (κ3) is 44.2. The first-order valence-corrected chi connectivity index (χ1v) is 25.2. The van der Waals surface area contributed by atoms with Crippen LogP contribution >= 0.6 is 7.82 Å². The molecule has 0 bridgehead atoms. The lowest BCUT2D eigenvalue weighted by molar-refractivity contribution is -0.154. The molecule has 3 N–H and O–H groups in total. The maximum atomic E-state index is 12.6. The van der Waals surface area contributed by atoms with Gasteiger partial charge in [0.05, 0.1) is 19.8 Å². The fourth-order valence-electron chi connectivity index (χ4n) is 6.93. The molecule has 0 aliphatic heterocycles. The van der Waals surface area contributed by atoms with Gasteiger partial charge in [-0.3, -0.25) is 13.8 Å². The molecular weight excluding hydrogens is 709 g/mol. The molecule has 0 aliphatic rings. The van der Waals surface area contributed by atoms with Gasteiger partial charge in [0, 0.05) is 19.6 Å². The third-order valence-corrected chi connectivity index (χ3v) is 11.4. The Morgan fingerprint density at radius 3 is 1.35 bits per heavy atom. The lowest BCUT2D eigenvalue weighted by Gasteiger charge is -2.20. The van der Waals surface area contributed by atoms with Crippen molar-refractivity contribution in [1.29, 1.82) is 0 Å². The number of hydrogen-bond donors (Lipinski definition) is 2. The van der Waals surface area contributed by atoms with Gasteiger partial charge in [0.15, 0.2) is 0 Å². The van der Waals surface area contributed by atoms with Crippen molar-refractivity contribution in [3.63, 3.8) is 0 Å². The Morgan fingerprint density at radius 1 is 0.527 bits per heavy atom. The zero-order valence-corrected chi connectivity index (χ0v) is 37.3. The Hall–Kier alpha value is -0.760. The van der Waals surface area contributed by atoms with Crippen molar-refractivity contribution in [2.24, 2.45) is 5.73 Å². The maximum absolute atomic E-state index is 12.6. The normalized spacial score (nSPS) is 13.5. The Labute approximate surface area is 341 Å². The van der Waals surface area contributed by atoms with E-state index in [-0.39, 0.29) is 32.3 Å². The molecule has 0 rings (SSSR count). The zero-order valence-electron chi connectivity index (χ0n) is 36.4. The molecule has 2 unspecified atom stereocenters. The van der Waals surface area contributed by atoms with E-state index in [0.717, 1.165) is 44.9 Å². The third-order valence-electron chi connectivity index (χ3n) is 10.4. The number of carbonyl (C=O) groups is 1. The van der Waals surface area contributed by atoms with Crippen LogP contribution in [-0.2, 0) is 27.9 Å². The highest BCUT2D eigenvalue weighted by molar-refractivity contribution is 7.47. The smallest absolute Gasteiger partial charge is 0.457 e. The minimum absolute atomic E-state index is 0.0936. The number of ether oxygens (including phenoxy) is 2. The van der Waals surface area contributed by atoms with Gasteiger partial charge in [0.25, 0.3) is 0 Å². The van der Waals surface area contributed by atoms with Crippen LogP contribution in [-0.4, -0.2) is 49.9 Å². The molecule has 0 amide bonds. The molecule has 0 aromatic rings. The highest BCUT2D eigenvalue weighted by Crippen LogP contribution is 2.43. The number of unbranched alkanes of at least 4 members (excludes halogenated alkanes) is 31. The summed E-state index contributed by atoms with van der Waals surface area (Å²) in [4.78, 5) is 22.5. The van der Waals surface area contributed by atoms with Gasteiger partial charge in [-0.25, -0.2) is 4.57 Å². The van der Waals surface area contributed by atoms with E-state index in [1.165, 1.54) is 173 Å². The number of allylic oxidation sites excluding steroid dienone is 2. The van der Waals surface area contributed by atoms with E-state index in [1.54, 1.807) is 0 Å². The van der Waals surface area contributed by atoms with Crippen LogP contribution in [0.25, 0.3) is 0 Å². The van der Waals surface area contributed by atoms with Gasteiger partial charge in [0.1, 0.15) is 6.10 Å². The number of nitrogens with two attached hydrogens (primary N) is 1. The number of rotatable bonds is 46. The number of phosphoric ester groups is 1. The molecule has 0 aromatic heterocycles. The van der Waals surface area contributed by atoms with E-state index in [1.807, 2.05) is 0 Å². The van der Waals surface area contributed by atoms with Gasteiger partial charge in [-0.15, -0.1) is 0 Å². The molecule has 0 spiro atoms. The molecule has 8 nitrogen and oxygen atoms in total. The second-order valence-corrected chi connectivity index (χ2v) is 17.4. The summed E-state index contributed by atoms with van der Waals surface area (Å²) in [6.07, 6.45) is 48.2. The highest BCUT2D eigenvalue weighted by atomic mass is 31.2. The van der Waals surface area contributed by atoms with Crippen molar-refractivity contribution < 1.29 is 32.8 Å². The van der Waals surface area contributed by atoms with Crippen molar-refractivity contribution in [2.45, 2.75) is 245 Å². The first-order chi connectivity index (χ1) is 26.9. The maximum Gasteiger partial charge on any atom is 0.472 e. The van der Waals surface area contributed by atoms with Gasteiger partial charge in [-0.2, -0.15) is 0 Å². The van der Waals surface area contributed by atoms with Crippen LogP contribution in [0.5, 0.6) is 0 Å². The quantitative estimate of drug-likeness (QED) is 0.0270. The molecule has 0 aromatic carbocycles. The summed E-state index contributed by atoms with van der Waals surface area (Å²) in [5.74, 6) is -0.335. The number of phosphoric acid groups is 1. The molecule has 0 aliphatic carbocycles. The van der Waals surface area contributed by atoms with Crippen LogP contribution in [0.1, 0.15) is 239 Å². The molecule has 0 fully saturated rings. The van der Waals surface area contributed by atoms with E-state index < -0.39 is 13.9 Å². The van der Waals surface area contributed by atoms with E-state index in [4.69, 9.17) is 24.3 Å². The van der Waals surface area contributed by atoms with Crippen LogP contribution in [0.3, 0.4) is 0 Å². The van der Waals surface area contributed by atoms with Crippen LogP contribution in [0.2, 0.25) is 0 Å². The van der Waals surface area contributed by atoms with Gasteiger partial charge in [0.2, 0.25) is 0 Å². The minimum atomic E-state index is -4.27. The Kier molecular flexibility index (Phi) is 43.7. The van der Waals surface area contributed by atoms with E-state index >= 15 is 0 Å². The second-order valence-electron chi connectivity index (χ2n) is 16.0. The topological polar surface area (TPSA) is 117 Å². The molecule has 0 saturated carbocycles. The molecule has 0 radical (unpaired) electrons. The van der Waals surface area contributed by atoms with E-state index in [0.29, 0.717) is 13.0 Å². The van der Waals surface area contributed by atoms with Gasteiger partial charge in [-0.1, -0.05) is 206 Å². The summed E-state index contributed by atoms with van der Waals surface area (Å²) in [5, 5.41) is 0. The van der Waals surface area contributed by atoms with Gasteiger partial charge < -0.3 is 20.1 Å². The SMILES string of the molecule is CCCCCC/C=C\CCCCCCCC(=O)OC(COCCCCCCCCCCCCCCCCCCCCCCCCC)COP(=O)(O)OCCN. The van der Waals surface area contributed by atoms with E-state index in [9.17, 15) is 14.3 Å². The Bertz CT molecular complexity index is 858. The average molecular weight is 802 g/mol. The minimum Gasteiger partial charge on any atom is -0.457 e. The number of esters is 1. The second kappa shape index (κ2) is 44.3. The summed E-state index contributed by atoms with van der Waals surface area (Å²) in [6, 6.07) is 0. The van der Waals surface area contributed by atoms with Crippen LogP contribution in [0, 0.1) is 0 Å². The molecule has 0 saturated heterocycles. The summed E-state index contributed by atoms with van der Waals surface area (Å²) in [6.45, 7) is 4.95. The fourth-order valence-corrected chi connectivity index (χ4v) is 7.70. The number of carbonyl (C=O) groups excluding carboxylic acids is 1. The van der Waals surface area contributed by atoms with Crippen molar-refractivity contribution in [3.8, 4) is 0 Å². The molecule has 55 heavy (non-hydrogen) atoms. The predicted octanol–water partition coefficient (Wildman–Crippen LogP) is 14.3. The molecule has 328 valence electrons. The molecular formula is C46H92NO7P. The molecule has 0 heterocycles. The lowest BCUT2D eigenvalue weighted by atomic mass is 10.0. The summed E-state index contributed by atoms with van der Waals surface area (Å²) in [7, 11) is -4.27. The molecule has 2 atom stereocenters. The average Bonchev–Trinajstić information content (AvgIpc) is 3.17. The summed E-state index contributed by atoms with van der Waals surface area (Å²) >= 11 is 0. The fraction of sp³-hybridized carbons (Fsp3) is 0.935. The van der Waals surface area contributed by atoms with Crippen molar-refractivity contribution in [3.05, 3.63) is 12.2 Å². The first kappa shape index (κ1) is 54.2. The van der Waals surface area contributed by atoms with Crippen LogP contribution in [0.4, 0.5) is 0 Å². The van der Waals surface area contributed by atoms with Crippen LogP contribution in [0.15, 0.2) is 12.2 Å². The Morgan fingerprint density at radius 2 is 0.909 bits per heavy atom. The first-order valence-electron chi connectivity index (χ1n) is 23.7. The highest BCUT2D eigenvalue weighted by Gasteiger charge is 2.25. The Balaban J connectivity index is 3.88. The lowest BCUT2D eigenvalue weighted by Crippen LogP contribution is -2.28. The predicted molar refractivity (Wildman–Crippen MR) is 234 cm³/mol. The number of hydrogen-bond acceptors (Lipinski definition) is 7. The summed E-state index contributed by atoms with van der Waals surface area (Å²) < 4.78 is 33.5. The van der Waals surface area contributed by atoms with Gasteiger partial charge >= 0.3 is 13.8 Å². The zero-order chi connectivity index (χ0) is 40.2.